The SMILES string of the molecule is COc1cc(C)c2nc(-c3nc(C(C)C)cs3)ncc2c1. The number of benzene rings is 1. The Morgan fingerprint density at radius 3 is 2.67 bits per heavy atom. The van der Waals surface area contributed by atoms with Crippen molar-refractivity contribution in [1.82, 2.24) is 15.0 Å². The summed E-state index contributed by atoms with van der Waals surface area (Å²) in [6, 6.07) is 3.94. The van der Waals surface area contributed by atoms with Crippen LogP contribution >= 0.6 is 11.3 Å². The molecular weight excluding hydrogens is 282 g/mol. The fraction of sp³-hybridized carbons (Fsp3) is 0.312. The number of fused-ring (bicyclic) bond motifs is 1. The topological polar surface area (TPSA) is 47.9 Å². The molecule has 0 saturated heterocycles. The fourth-order valence-electron chi connectivity index (χ4n) is 2.16. The first kappa shape index (κ1) is 13.9. The van der Waals surface area contributed by atoms with Gasteiger partial charge in [-0.15, -0.1) is 11.3 Å². The Morgan fingerprint density at radius 1 is 1.19 bits per heavy atom. The molecule has 0 saturated carbocycles. The minimum Gasteiger partial charge on any atom is -0.497 e. The molecule has 0 fully saturated rings. The highest BCUT2D eigenvalue weighted by molar-refractivity contribution is 7.13. The largest absolute Gasteiger partial charge is 0.497 e. The minimum atomic E-state index is 0.418. The molecule has 108 valence electrons. The van der Waals surface area contributed by atoms with Crippen molar-refractivity contribution in [3.63, 3.8) is 0 Å². The molecular formula is C16H17N3OS. The highest BCUT2D eigenvalue weighted by atomic mass is 32.1. The number of aryl methyl sites for hydroxylation is 1. The number of hydrogen-bond donors (Lipinski definition) is 0. The monoisotopic (exact) mass is 299 g/mol. The standard InChI is InChI=1S/C16H17N3OS/c1-9(2)13-8-21-16(18-13)15-17-7-11-6-12(20-4)5-10(3)14(11)19-15/h5-9H,1-4H3. The van der Waals surface area contributed by atoms with Gasteiger partial charge in [-0.05, 0) is 30.5 Å². The smallest absolute Gasteiger partial charge is 0.189 e. The Bertz CT molecular complexity index is 795. The van der Waals surface area contributed by atoms with E-state index in [-0.39, 0.29) is 0 Å². The molecule has 0 atom stereocenters. The first-order chi connectivity index (χ1) is 10.1. The van der Waals surface area contributed by atoms with E-state index in [0.717, 1.165) is 32.9 Å². The van der Waals surface area contributed by atoms with E-state index in [1.807, 2.05) is 25.3 Å². The van der Waals surface area contributed by atoms with E-state index >= 15 is 0 Å². The molecule has 0 bridgehead atoms. The quantitative estimate of drug-likeness (QED) is 0.727. The molecule has 0 N–H and O–H groups in total. The van der Waals surface area contributed by atoms with E-state index in [4.69, 9.17) is 4.74 Å². The molecule has 5 heteroatoms. The zero-order valence-corrected chi connectivity index (χ0v) is 13.4. The van der Waals surface area contributed by atoms with Gasteiger partial charge in [0.2, 0.25) is 0 Å². The maximum atomic E-state index is 5.28. The van der Waals surface area contributed by atoms with Crippen molar-refractivity contribution in [3.05, 3.63) is 35.0 Å². The van der Waals surface area contributed by atoms with Crippen molar-refractivity contribution in [1.29, 1.82) is 0 Å². The molecule has 0 spiro atoms. The Morgan fingerprint density at radius 2 is 2.00 bits per heavy atom. The molecule has 0 amide bonds. The van der Waals surface area contributed by atoms with Crippen molar-refractivity contribution in [2.75, 3.05) is 7.11 Å². The summed E-state index contributed by atoms with van der Waals surface area (Å²) in [6.45, 7) is 6.30. The third-order valence-electron chi connectivity index (χ3n) is 3.39. The maximum Gasteiger partial charge on any atom is 0.189 e. The lowest BCUT2D eigenvalue weighted by molar-refractivity contribution is 0.415. The number of ether oxygens (including phenoxy) is 1. The molecule has 21 heavy (non-hydrogen) atoms. The molecule has 4 nitrogen and oxygen atoms in total. The number of nitrogens with zero attached hydrogens (tertiary/aromatic N) is 3. The molecule has 2 heterocycles. The van der Waals surface area contributed by atoms with Crippen molar-refractivity contribution in [3.8, 4) is 16.6 Å². The summed E-state index contributed by atoms with van der Waals surface area (Å²) in [5, 5.41) is 3.93. The van der Waals surface area contributed by atoms with Crippen molar-refractivity contribution >= 4 is 22.2 Å². The van der Waals surface area contributed by atoms with E-state index in [0.29, 0.717) is 11.7 Å². The van der Waals surface area contributed by atoms with Crippen molar-refractivity contribution < 1.29 is 4.74 Å². The molecule has 0 aliphatic heterocycles. The van der Waals surface area contributed by atoms with Gasteiger partial charge >= 0.3 is 0 Å². The Kier molecular flexibility index (Phi) is 3.59. The van der Waals surface area contributed by atoms with E-state index in [9.17, 15) is 0 Å². The lowest BCUT2D eigenvalue weighted by Crippen LogP contribution is -1.94. The number of aromatic nitrogens is 3. The van der Waals surface area contributed by atoms with E-state index < -0.39 is 0 Å². The number of thiazole rings is 1. The van der Waals surface area contributed by atoms with Crippen LogP contribution in [-0.4, -0.2) is 22.1 Å². The Labute approximate surface area is 127 Å². The van der Waals surface area contributed by atoms with Gasteiger partial charge in [0.05, 0.1) is 18.3 Å². The van der Waals surface area contributed by atoms with Gasteiger partial charge in [0.15, 0.2) is 10.8 Å². The van der Waals surface area contributed by atoms with E-state index in [2.05, 4.69) is 34.2 Å². The van der Waals surface area contributed by atoms with E-state index in [1.165, 1.54) is 0 Å². The van der Waals surface area contributed by atoms with Crippen LogP contribution in [0.2, 0.25) is 0 Å². The Balaban J connectivity index is 2.10. The van der Waals surface area contributed by atoms with Crippen LogP contribution in [0.3, 0.4) is 0 Å². The van der Waals surface area contributed by atoms with Crippen molar-refractivity contribution in [2.24, 2.45) is 0 Å². The maximum absolute atomic E-state index is 5.28. The average molecular weight is 299 g/mol. The summed E-state index contributed by atoms with van der Waals surface area (Å²) in [5.74, 6) is 1.93. The van der Waals surface area contributed by atoms with Gasteiger partial charge in [0, 0.05) is 17.0 Å². The molecule has 3 rings (SSSR count). The lowest BCUT2D eigenvalue weighted by Gasteiger charge is -2.06. The second-order valence-electron chi connectivity index (χ2n) is 5.31. The highest BCUT2D eigenvalue weighted by Crippen LogP contribution is 2.28. The van der Waals surface area contributed by atoms with Gasteiger partial charge in [0.1, 0.15) is 5.75 Å². The van der Waals surface area contributed by atoms with Gasteiger partial charge in [-0.1, -0.05) is 13.8 Å². The molecule has 1 aromatic carbocycles. The van der Waals surface area contributed by atoms with Crippen LogP contribution in [0.25, 0.3) is 21.7 Å². The lowest BCUT2D eigenvalue weighted by atomic mass is 10.1. The first-order valence-corrected chi connectivity index (χ1v) is 7.73. The summed E-state index contributed by atoms with van der Waals surface area (Å²) >= 11 is 1.59. The number of hydrogen-bond acceptors (Lipinski definition) is 5. The summed E-state index contributed by atoms with van der Waals surface area (Å²) in [6.07, 6.45) is 1.84. The third-order valence-corrected chi connectivity index (χ3v) is 4.24. The van der Waals surface area contributed by atoms with Gasteiger partial charge in [-0.25, -0.2) is 15.0 Å². The van der Waals surface area contributed by atoms with Crippen LogP contribution in [-0.2, 0) is 0 Å². The van der Waals surface area contributed by atoms with Crippen LogP contribution in [0.5, 0.6) is 5.75 Å². The van der Waals surface area contributed by atoms with Gasteiger partial charge in [0.25, 0.3) is 0 Å². The second-order valence-corrected chi connectivity index (χ2v) is 6.17. The van der Waals surface area contributed by atoms with Crippen LogP contribution in [0, 0.1) is 6.92 Å². The molecule has 0 aliphatic carbocycles. The molecule has 2 aromatic heterocycles. The van der Waals surface area contributed by atoms with Crippen LogP contribution < -0.4 is 4.74 Å². The summed E-state index contributed by atoms with van der Waals surface area (Å²) in [7, 11) is 1.67. The third kappa shape index (κ3) is 2.61. The molecule has 0 unspecified atom stereocenters. The normalized spacial score (nSPS) is 11.3. The van der Waals surface area contributed by atoms with Gasteiger partial charge < -0.3 is 4.74 Å². The fourth-order valence-corrected chi connectivity index (χ4v) is 3.08. The van der Waals surface area contributed by atoms with E-state index in [1.54, 1.807) is 18.4 Å². The predicted molar refractivity (Wildman–Crippen MR) is 86.0 cm³/mol. The molecule has 0 radical (unpaired) electrons. The summed E-state index contributed by atoms with van der Waals surface area (Å²) in [5.41, 5.74) is 3.11. The highest BCUT2D eigenvalue weighted by Gasteiger charge is 2.12. The predicted octanol–water partition coefficient (Wildman–Crippen LogP) is 4.19. The second kappa shape index (κ2) is 5.41. The zero-order chi connectivity index (χ0) is 15.0. The molecule has 0 aliphatic rings. The van der Waals surface area contributed by atoms with Crippen LogP contribution in [0.15, 0.2) is 23.7 Å². The number of rotatable bonds is 3. The average Bonchev–Trinajstić information content (AvgIpc) is 2.97. The van der Waals surface area contributed by atoms with Gasteiger partial charge in [-0.3, -0.25) is 0 Å². The van der Waals surface area contributed by atoms with Crippen LogP contribution in [0.4, 0.5) is 0 Å². The summed E-state index contributed by atoms with van der Waals surface area (Å²) < 4.78 is 5.28. The first-order valence-electron chi connectivity index (χ1n) is 6.85. The number of methoxy groups -OCH3 is 1. The van der Waals surface area contributed by atoms with Crippen LogP contribution in [0.1, 0.15) is 31.0 Å². The summed E-state index contributed by atoms with van der Waals surface area (Å²) in [4.78, 5) is 13.7. The zero-order valence-electron chi connectivity index (χ0n) is 12.5. The molecule has 3 aromatic rings. The van der Waals surface area contributed by atoms with Crippen molar-refractivity contribution in [2.45, 2.75) is 26.7 Å². The minimum absolute atomic E-state index is 0.418. The van der Waals surface area contributed by atoms with Gasteiger partial charge in [-0.2, -0.15) is 0 Å². The Hall–Kier alpha value is -2.01.